The predicted molar refractivity (Wildman–Crippen MR) is 99.4 cm³/mol. The summed E-state index contributed by atoms with van der Waals surface area (Å²) in [4.78, 5) is 29.0. The van der Waals surface area contributed by atoms with Gasteiger partial charge in [0.25, 0.3) is 0 Å². The fourth-order valence-electron chi connectivity index (χ4n) is 4.22. The number of carbonyl (C=O) groups excluding carboxylic acids is 2. The molecule has 0 aromatic carbocycles. The zero-order valence-corrected chi connectivity index (χ0v) is 16.8. The number of thioether (sulfide) groups is 1. The second-order valence-electron chi connectivity index (χ2n) is 8.46. The fourth-order valence-corrected chi connectivity index (χ4v) is 5.65. The van der Waals surface area contributed by atoms with Crippen LogP contribution < -0.4 is 5.32 Å². The monoisotopic (exact) mass is 369 g/mol. The Morgan fingerprint density at radius 3 is 2.64 bits per heavy atom. The maximum absolute atomic E-state index is 12.8. The Morgan fingerprint density at radius 2 is 2.00 bits per heavy atom. The van der Waals surface area contributed by atoms with Crippen molar-refractivity contribution in [2.75, 3.05) is 25.4 Å². The van der Waals surface area contributed by atoms with Crippen LogP contribution in [0.25, 0.3) is 0 Å². The normalized spacial score (nSPS) is 36.6. The molecule has 3 saturated heterocycles. The highest BCUT2D eigenvalue weighted by molar-refractivity contribution is 8.01. The van der Waals surface area contributed by atoms with Crippen molar-refractivity contribution in [3.63, 3.8) is 0 Å². The topological polar surface area (TPSA) is 61.9 Å². The number of carbonyl (C=O) groups is 2. The van der Waals surface area contributed by atoms with Crippen LogP contribution >= 0.6 is 11.8 Å². The van der Waals surface area contributed by atoms with Gasteiger partial charge in [0.2, 0.25) is 11.8 Å². The largest absolute Gasteiger partial charge is 0.373 e. The first-order valence-corrected chi connectivity index (χ1v) is 10.3. The maximum atomic E-state index is 12.8. The van der Waals surface area contributed by atoms with Gasteiger partial charge < -0.3 is 15.0 Å². The van der Waals surface area contributed by atoms with Crippen molar-refractivity contribution in [1.29, 1.82) is 0 Å². The van der Waals surface area contributed by atoms with Crippen molar-refractivity contribution in [3.05, 3.63) is 0 Å². The molecule has 0 spiro atoms. The van der Waals surface area contributed by atoms with E-state index >= 15 is 0 Å². The fraction of sp³-hybridized carbons (Fsp3) is 0.889. The van der Waals surface area contributed by atoms with E-state index in [0.717, 1.165) is 19.5 Å². The molecule has 0 saturated carbocycles. The molecule has 0 aromatic rings. The molecule has 3 aliphatic heterocycles. The molecule has 3 rings (SSSR count). The minimum Gasteiger partial charge on any atom is -0.373 e. The molecule has 0 aliphatic carbocycles. The van der Waals surface area contributed by atoms with Crippen LogP contribution in [-0.4, -0.2) is 75.7 Å². The lowest BCUT2D eigenvalue weighted by Gasteiger charge is -2.45. The molecular formula is C18H31N3O3S. The van der Waals surface area contributed by atoms with Gasteiger partial charge in [-0.25, -0.2) is 0 Å². The third-order valence-electron chi connectivity index (χ3n) is 5.72. The van der Waals surface area contributed by atoms with Gasteiger partial charge in [-0.1, -0.05) is 0 Å². The molecule has 3 fully saturated rings. The Bertz CT molecular complexity index is 546. The first-order chi connectivity index (χ1) is 11.6. The van der Waals surface area contributed by atoms with E-state index in [9.17, 15) is 9.59 Å². The van der Waals surface area contributed by atoms with E-state index in [2.05, 4.69) is 44.8 Å². The Labute approximate surface area is 155 Å². The van der Waals surface area contributed by atoms with Gasteiger partial charge in [-0.05, 0) is 41.0 Å². The molecule has 3 heterocycles. The van der Waals surface area contributed by atoms with E-state index in [0.29, 0.717) is 18.7 Å². The zero-order valence-electron chi connectivity index (χ0n) is 16.0. The van der Waals surface area contributed by atoms with Gasteiger partial charge in [-0.3, -0.25) is 14.5 Å². The van der Waals surface area contributed by atoms with E-state index in [-0.39, 0.29) is 40.5 Å². The average Bonchev–Trinajstić information content (AvgIpc) is 3.01. The number of rotatable bonds is 4. The van der Waals surface area contributed by atoms with Gasteiger partial charge in [-0.2, -0.15) is 0 Å². The molecule has 25 heavy (non-hydrogen) atoms. The first-order valence-electron chi connectivity index (χ1n) is 9.27. The van der Waals surface area contributed by atoms with Gasteiger partial charge in [-0.15, -0.1) is 11.8 Å². The zero-order chi connectivity index (χ0) is 18.4. The Kier molecular flexibility index (Phi) is 5.12. The van der Waals surface area contributed by atoms with Crippen LogP contribution in [0.2, 0.25) is 0 Å². The predicted octanol–water partition coefficient (Wildman–Crippen LogP) is 1.44. The summed E-state index contributed by atoms with van der Waals surface area (Å²) in [5.74, 6) is 0.789. The van der Waals surface area contributed by atoms with Crippen molar-refractivity contribution >= 4 is 23.6 Å². The van der Waals surface area contributed by atoms with E-state index in [1.807, 2.05) is 4.90 Å². The summed E-state index contributed by atoms with van der Waals surface area (Å²) >= 11 is 1.73. The van der Waals surface area contributed by atoms with Crippen molar-refractivity contribution in [3.8, 4) is 0 Å². The van der Waals surface area contributed by atoms with Crippen LogP contribution in [-0.2, 0) is 14.3 Å². The minimum atomic E-state index is -0.330. The summed E-state index contributed by atoms with van der Waals surface area (Å²) in [6.07, 6.45) is 1.80. The van der Waals surface area contributed by atoms with Gasteiger partial charge in [0.15, 0.2) is 0 Å². The highest BCUT2D eigenvalue weighted by atomic mass is 32.2. The SMILES string of the molecule is C[C@@H]1CN(C(C)(C)CNC(=O)[C@@H]2CS[C@@]3(C)CCC(=O)N23)C[C@H](C)O1. The van der Waals surface area contributed by atoms with Gasteiger partial charge >= 0.3 is 0 Å². The molecule has 0 radical (unpaired) electrons. The van der Waals surface area contributed by atoms with Crippen molar-refractivity contribution in [2.24, 2.45) is 0 Å². The van der Waals surface area contributed by atoms with E-state index in [1.165, 1.54) is 0 Å². The molecule has 2 amide bonds. The lowest BCUT2D eigenvalue weighted by Crippen LogP contribution is -2.60. The number of morpholine rings is 1. The molecule has 6 nitrogen and oxygen atoms in total. The molecule has 1 N–H and O–H groups in total. The standard InChI is InChI=1S/C18H31N3O3S/c1-12-8-20(9-13(2)24-12)17(3,4)11-19-16(23)14-10-25-18(5)7-6-15(22)21(14)18/h12-14H,6-11H2,1-5H3,(H,19,23)/t12-,13+,14-,18-/m0/s1. The van der Waals surface area contributed by atoms with Gasteiger partial charge in [0.1, 0.15) is 6.04 Å². The third kappa shape index (κ3) is 3.69. The quantitative estimate of drug-likeness (QED) is 0.813. The summed E-state index contributed by atoms with van der Waals surface area (Å²) in [5.41, 5.74) is -0.147. The Morgan fingerprint density at radius 1 is 1.36 bits per heavy atom. The van der Waals surface area contributed by atoms with Crippen molar-refractivity contribution < 1.29 is 14.3 Å². The highest BCUT2D eigenvalue weighted by Crippen LogP contribution is 2.47. The molecule has 4 atom stereocenters. The summed E-state index contributed by atoms with van der Waals surface area (Å²) in [6.45, 7) is 12.9. The van der Waals surface area contributed by atoms with Crippen LogP contribution in [0, 0.1) is 0 Å². The summed E-state index contributed by atoms with van der Waals surface area (Å²) in [5, 5.41) is 3.11. The number of hydrogen-bond acceptors (Lipinski definition) is 5. The van der Waals surface area contributed by atoms with E-state index in [4.69, 9.17) is 4.74 Å². The van der Waals surface area contributed by atoms with Gasteiger partial charge in [0, 0.05) is 37.3 Å². The second kappa shape index (κ2) is 6.74. The Balaban J connectivity index is 1.59. The van der Waals surface area contributed by atoms with E-state index in [1.54, 1.807) is 11.8 Å². The lowest BCUT2D eigenvalue weighted by molar-refractivity contribution is -0.138. The number of hydrogen-bond donors (Lipinski definition) is 1. The number of amides is 2. The summed E-state index contributed by atoms with van der Waals surface area (Å²) in [7, 11) is 0. The average molecular weight is 370 g/mol. The number of fused-ring (bicyclic) bond motifs is 1. The molecule has 0 bridgehead atoms. The van der Waals surface area contributed by atoms with Crippen LogP contribution in [0.5, 0.6) is 0 Å². The number of ether oxygens (including phenoxy) is 1. The maximum Gasteiger partial charge on any atom is 0.243 e. The molecule has 142 valence electrons. The van der Waals surface area contributed by atoms with Crippen LogP contribution in [0.4, 0.5) is 0 Å². The van der Waals surface area contributed by atoms with Crippen LogP contribution in [0.3, 0.4) is 0 Å². The van der Waals surface area contributed by atoms with Crippen molar-refractivity contribution in [1.82, 2.24) is 15.1 Å². The molecular weight excluding hydrogens is 338 g/mol. The minimum absolute atomic E-state index is 0.0195. The molecule has 7 heteroatoms. The molecule has 3 aliphatic rings. The smallest absolute Gasteiger partial charge is 0.243 e. The Hall–Kier alpha value is -0.790. The first kappa shape index (κ1) is 19.0. The lowest BCUT2D eigenvalue weighted by atomic mass is 10.00. The van der Waals surface area contributed by atoms with Crippen LogP contribution in [0.1, 0.15) is 47.5 Å². The number of nitrogens with zero attached hydrogens (tertiary/aromatic N) is 2. The van der Waals surface area contributed by atoms with Gasteiger partial charge in [0.05, 0.1) is 17.1 Å². The highest BCUT2D eigenvalue weighted by Gasteiger charge is 2.53. The second-order valence-corrected chi connectivity index (χ2v) is 9.96. The summed E-state index contributed by atoms with van der Waals surface area (Å²) in [6, 6.07) is -0.330. The third-order valence-corrected chi connectivity index (χ3v) is 7.22. The van der Waals surface area contributed by atoms with E-state index < -0.39 is 0 Å². The van der Waals surface area contributed by atoms with Crippen LogP contribution in [0.15, 0.2) is 0 Å². The number of nitrogens with one attached hydrogen (secondary N) is 1. The summed E-state index contributed by atoms with van der Waals surface area (Å²) < 4.78 is 5.81. The molecule has 0 aromatic heterocycles. The van der Waals surface area contributed by atoms with Crippen molar-refractivity contribution in [2.45, 2.75) is 76.1 Å². The molecule has 0 unspecified atom stereocenters.